The fourth-order valence-electron chi connectivity index (χ4n) is 2.58. The molecule has 0 fully saturated rings. The zero-order chi connectivity index (χ0) is 17.6. The topological polar surface area (TPSA) is 46.2 Å². The van der Waals surface area contributed by atoms with Crippen LogP contribution < -0.4 is 5.32 Å². The lowest BCUT2D eigenvalue weighted by Gasteiger charge is -2.05. The number of benzene rings is 3. The van der Waals surface area contributed by atoms with E-state index in [0.29, 0.717) is 11.1 Å². The fourth-order valence-corrected chi connectivity index (χ4v) is 2.58. The van der Waals surface area contributed by atoms with Crippen LogP contribution in [0.3, 0.4) is 0 Å². The Hall–Kier alpha value is -3.38. The number of nitrogens with one attached hydrogen (secondary N) is 1. The molecule has 0 saturated carbocycles. The first-order chi connectivity index (χ1) is 12.1. The van der Waals surface area contributed by atoms with Gasteiger partial charge >= 0.3 is 0 Å². The second-order valence-corrected chi connectivity index (χ2v) is 5.64. The van der Waals surface area contributed by atoms with E-state index in [-0.39, 0.29) is 18.2 Å². The van der Waals surface area contributed by atoms with Crippen LogP contribution in [0, 0.1) is 11.8 Å². The third-order valence-corrected chi connectivity index (χ3v) is 3.90. The zero-order valence-corrected chi connectivity index (χ0v) is 13.9. The highest BCUT2D eigenvalue weighted by Crippen LogP contribution is 2.18. The Labute approximate surface area is 146 Å². The van der Waals surface area contributed by atoms with E-state index in [1.807, 2.05) is 42.5 Å². The number of hydrogen-bond acceptors (Lipinski definition) is 2. The van der Waals surface area contributed by atoms with Crippen molar-refractivity contribution in [1.29, 1.82) is 0 Å². The van der Waals surface area contributed by atoms with Crippen molar-refractivity contribution in [1.82, 2.24) is 5.32 Å². The second-order valence-electron chi connectivity index (χ2n) is 5.64. The fraction of sp³-hybridized carbons (Fsp3) is 0.0909. The molecule has 0 aromatic heterocycles. The molecule has 1 amide bonds. The predicted molar refractivity (Wildman–Crippen MR) is 99.6 cm³/mol. The first kappa shape index (κ1) is 16.5. The van der Waals surface area contributed by atoms with Crippen molar-refractivity contribution in [3.8, 4) is 11.8 Å². The summed E-state index contributed by atoms with van der Waals surface area (Å²) in [6.45, 7) is 1.79. The van der Waals surface area contributed by atoms with Crippen molar-refractivity contribution in [2.45, 2.75) is 6.92 Å². The van der Waals surface area contributed by atoms with Crippen LogP contribution in [0.5, 0.6) is 0 Å². The van der Waals surface area contributed by atoms with Gasteiger partial charge in [0.15, 0.2) is 5.78 Å². The molecule has 1 N–H and O–H groups in total. The van der Waals surface area contributed by atoms with Gasteiger partial charge in [-0.3, -0.25) is 9.59 Å². The van der Waals surface area contributed by atoms with Crippen LogP contribution in [0.4, 0.5) is 0 Å². The maximum atomic E-state index is 12.4. The molecule has 0 atom stereocenters. The summed E-state index contributed by atoms with van der Waals surface area (Å²) in [5, 5.41) is 4.78. The van der Waals surface area contributed by atoms with Crippen LogP contribution in [-0.2, 0) is 0 Å². The van der Waals surface area contributed by atoms with Crippen LogP contribution in [0.1, 0.15) is 33.2 Å². The molecule has 3 aromatic rings. The number of hydrogen-bond donors (Lipinski definition) is 1. The first-order valence-corrected chi connectivity index (χ1v) is 8.01. The number of amides is 1. The highest BCUT2D eigenvalue weighted by atomic mass is 16.1. The van der Waals surface area contributed by atoms with Gasteiger partial charge in [-0.05, 0) is 35.9 Å². The summed E-state index contributed by atoms with van der Waals surface area (Å²) in [6, 6.07) is 20.6. The SMILES string of the molecule is CC(=O)c1ccc(C#CCNC(=O)c2cccc3ccccc23)cc1. The van der Waals surface area contributed by atoms with E-state index in [1.54, 1.807) is 24.3 Å². The molecule has 0 aliphatic carbocycles. The van der Waals surface area contributed by atoms with Crippen molar-refractivity contribution in [2.24, 2.45) is 0 Å². The molecule has 3 rings (SSSR count). The molecule has 3 heteroatoms. The Kier molecular flexibility index (Phi) is 4.92. The monoisotopic (exact) mass is 327 g/mol. The third kappa shape index (κ3) is 3.94. The summed E-state index contributed by atoms with van der Waals surface area (Å²) in [5.74, 6) is 5.80. The van der Waals surface area contributed by atoms with Crippen LogP contribution in [-0.4, -0.2) is 18.2 Å². The van der Waals surface area contributed by atoms with Crippen LogP contribution >= 0.6 is 0 Å². The Morgan fingerprint density at radius 2 is 1.64 bits per heavy atom. The maximum absolute atomic E-state index is 12.4. The van der Waals surface area contributed by atoms with Gasteiger partial charge in [-0.1, -0.05) is 60.4 Å². The van der Waals surface area contributed by atoms with Crippen LogP contribution in [0.25, 0.3) is 10.8 Å². The van der Waals surface area contributed by atoms with E-state index in [1.165, 1.54) is 6.92 Å². The lowest BCUT2D eigenvalue weighted by atomic mass is 10.0. The highest BCUT2D eigenvalue weighted by Gasteiger charge is 2.08. The number of carbonyl (C=O) groups is 2. The van der Waals surface area contributed by atoms with Gasteiger partial charge in [0.25, 0.3) is 5.91 Å². The molecule has 0 spiro atoms. The standard InChI is InChI=1S/C22H17NO2/c1-16(24)18-13-11-17(12-14-18)6-5-15-23-22(25)21-10-4-8-19-7-2-3-9-20(19)21/h2-4,7-14H,15H2,1H3,(H,23,25). The molecule has 0 unspecified atom stereocenters. The zero-order valence-electron chi connectivity index (χ0n) is 13.9. The van der Waals surface area contributed by atoms with Crippen molar-refractivity contribution < 1.29 is 9.59 Å². The Morgan fingerprint density at radius 3 is 2.40 bits per heavy atom. The van der Waals surface area contributed by atoms with Gasteiger partial charge in [0.2, 0.25) is 0 Å². The Morgan fingerprint density at radius 1 is 0.920 bits per heavy atom. The molecule has 0 saturated heterocycles. The number of ketones is 1. The Bertz CT molecular complexity index is 986. The molecule has 3 nitrogen and oxygen atoms in total. The molecule has 3 aromatic carbocycles. The average Bonchev–Trinajstić information content (AvgIpc) is 2.65. The summed E-state index contributed by atoms with van der Waals surface area (Å²) in [5.41, 5.74) is 2.12. The van der Waals surface area contributed by atoms with E-state index in [2.05, 4.69) is 17.2 Å². The summed E-state index contributed by atoms with van der Waals surface area (Å²) >= 11 is 0. The minimum absolute atomic E-state index is 0.0295. The van der Waals surface area contributed by atoms with E-state index in [0.717, 1.165) is 16.3 Å². The summed E-state index contributed by atoms with van der Waals surface area (Å²) in [4.78, 5) is 23.6. The van der Waals surface area contributed by atoms with Gasteiger partial charge in [-0.2, -0.15) is 0 Å². The van der Waals surface area contributed by atoms with Gasteiger partial charge in [-0.15, -0.1) is 0 Å². The normalized spacial score (nSPS) is 9.96. The summed E-state index contributed by atoms with van der Waals surface area (Å²) < 4.78 is 0. The number of Topliss-reactive ketones (excluding diaryl/α,β-unsaturated/α-hetero) is 1. The molecule has 0 aliphatic rings. The van der Waals surface area contributed by atoms with Gasteiger partial charge in [0, 0.05) is 16.7 Å². The minimum atomic E-state index is -0.141. The molecular formula is C22H17NO2. The van der Waals surface area contributed by atoms with Gasteiger partial charge < -0.3 is 5.32 Å². The number of carbonyl (C=O) groups excluding carboxylic acids is 2. The maximum Gasteiger partial charge on any atom is 0.252 e. The van der Waals surface area contributed by atoms with Crippen molar-refractivity contribution in [2.75, 3.05) is 6.54 Å². The molecule has 0 heterocycles. The van der Waals surface area contributed by atoms with Gasteiger partial charge in [-0.25, -0.2) is 0 Å². The Balaban J connectivity index is 1.66. The van der Waals surface area contributed by atoms with Crippen molar-refractivity contribution in [3.63, 3.8) is 0 Å². The smallest absolute Gasteiger partial charge is 0.252 e. The third-order valence-electron chi connectivity index (χ3n) is 3.90. The van der Waals surface area contributed by atoms with Gasteiger partial charge in [0.05, 0.1) is 6.54 Å². The van der Waals surface area contributed by atoms with E-state index in [9.17, 15) is 9.59 Å². The van der Waals surface area contributed by atoms with Crippen molar-refractivity contribution in [3.05, 3.63) is 83.4 Å². The molecule has 0 radical (unpaired) electrons. The van der Waals surface area contributed by atoms with Crippen molar-refractivity contribution >= 4 is 22.5 Å². The lowest BCUT2D eigenvalue weighted by molar-refractivity contribution is 0.0959. The molecular weight excluding hydrogens is 310 g/mol. The molecule has 25 heavy (non-hydrogen) atoms. The summed E-state index contributed by atoms with van der Waals surface area (Å²) in [6.07, 6.45) is 0. The largest absolute Gasteiger partial charge is 0.341 e. The lowest BCUT2D eigenvalue weighted by Crippen LogP contribution is -2.23. The highest BCUT2D eigenvalue weighted by molar-refractivity contribution is 6.07. The van der Waals surface area contributed by atoms with Crippen LogP contribution in [0.15, 0.2) is 66.7 Å². The number of rotatable bonds is 3. The second kappa shape index (κ2) is 7.46. The van der Waals surface area contributed by atoms with E-state index >= 15 is 0 Å². The molecule has 122 valence electrons. The van der Waals surface area contributed by atoms with E-state index < -0.39 is 0 Å². The molecule has 0 bridgehead atoms. The first-order valence-electron chi connectivity index (χ1n) is 8.01. The van der Waals surface area contributed by atoms with Crippen LogP contribution in [0.2, 0.25) is 0 Å². The predicted octanol–water partition coefficient (Wildman–Crippen LogP) is 3.82. The summed E-state index contributed by atoms with van der Waals surface area (Å²) in [7, 11) is 0. The van der Waals surface area contributed by atoms with Gasteiger partial charge in [0.1, 0.15) is 0 Å². The van der Waals surface area contributed by atoms with E-state index in [4.69, 9.17) is 0 Å². The molecule has 0 aliphatic heterocycles. The average molecular weight is 327 g/mol. The number of fused-ring (bicyclic) bond motifs is 1. The quantitative estimate of drug-likeness (QED) is 0.587. The minimum Gasteiger partial charge on any atom is -0.341 e.